The van der Waals surface area contributed by atoms with Gasteiger partial charge >= 0.3 is 0 Å². The van der Waals surface area contributed by atoms with E-state index in [0.717, 1.165) is 77.6 Å². The minimum Gasteiger partial charge on any atom is -0.456 e. The van der Waals surface area contributed by atoms with Crippen molar-refractivity contribution in [3.05, 3.63) is 242 Å². The number of aliphatic imine (C=N–C) groups is 2. The molecule has 0 unspecified atom stereocenters. The van der Waals surface area contributed by atoms with Crippen LogP contribution in [0, 0.1) is 0 Å². The highest BCUT2D eigenvalue weighted by atomic mass is 16.3. The van der Waals surface area contributed by atoms with E-state index < -0.39 is 0 Å². The van der Waals surface area contributed by atoms with Crippen molar-refractivity contribution in [1.82, 2.24) is 4.57 Å². The van der Waals surface area contributed by atoms with Crippen molar-refractivity contribution in [2.45, 2.75) is 0 Å². The van der Waals surface area contributed by atoms with E-state index in [1.807, 2.05) is 30.3 Å². The Bertz CT molecular complexity index is 3590. The van der Waals surface area contributed by atoms with Crippen LogP contribution in [0.25, 0.3) is 88.2 Å². The van der Waals surface area contributed by atoms with Gasteiger partial charge in [-0.05, 0) is 81.6 Å². The van der Waals surface area contributed by atoms with Crippen LogP contribution in [0.1, 0.15) is 16.7 Å². The maximum Gasteiger partial charge on any atom is 0.160 e. The molecule has 0 spiro atoms. The minimum atomic E-state index is 0.483. The van der Waals surface area contributed by atoms with Gasteiger partial charge in [0.05, 0.1) is 33.5 Å². The number of nitrogens with zero attached hydrogens (tertiary/aromatic N) is 3. The summed E-state index contributed by atoms with van der Waals surface area (Å²) < 4.78 is 9.12. The van der Waals surface area contributed by atoms with Crippen molar-refractivity contribution in [2.24, 2.45) is 9.98 Å². The molecule has 0 aliphatic heterocycles. The molecular weight excluding hydrogens is 755 g/mol. The summed E-state index contributed by atoms with van der Waals surface area (Å²) in [5.74, 6) is 0.483. The van der Waals surface area contributed by atoms with E-state index in [2.05, 4.69) is 194 Å². The molecule has 62 heavy (non-hydrogen) atoms. The maximum atomic E-state index is 6.74. The van der Waals surface area contributed by atoms with Crippen LogP contribution in [0.5, 0.6) is 0 Å². The summed E-state index contributed by atoms with van der Waals surface area (Å²) in [6, 6.07) is 71.8. The Kier molecular flexibility index (Phi) is 9.10. The number of benzene rings is 9. The molecule has 0 atom stereocenters. The Morgan fingerprint density at radius 1 is 0.452 bits per heavy atom. The second-order valence-electron chi connectivity index (χ2n) is 15.5. The van der Waals surface area contributed by atoms with Crippen LogP contribution in [-0.4, -0.2) is 16.1 Å². The van der Waals surface area contributed by atoms with Gasteiger partial charge in [-0.15, -0.1) is 0 Å². The molecule has 0 radical (unpaired) electrons. The average Bonchev–Trinajstić information content (AvgIpc) is 3.87. The molecule has 11 rings (SSSR count). The van der Waals surface area contributed by atoms with Crippen LogP contribution in [0.2, 0.25) is 0 Å². The summed E-state index contributed by atoms with van der Waals surface area (Å²) in [6.45, 7) is 8.79. The largest absolute Gasteiger partial charge is 0.456 e. The molecule has 9 aromatic carbocycles. The number of allylic oxidation sites excluding steroid dienone is 1. The number of para-hydroxylation sites is 2. The van der Waals surface area contributed by atoms with Gasteiger partial charge < -0.3 is 8.98 Å². The molecule has 0 saturated carbocycles. The zero-order valence-electron chi connectivity index (χ0n) is 33.9. The lowest BCUT2D eigenvalue weighted by molar-refractivity contribution is 0.668. The van der Waals surface area contributed by atoms with Gasteiger partial charge in [0.2, 0.25) is 0 Å². The molecule has 0 bridgehead atoms. The second-order valence-corrected chi connectivity index (χ2v) is 15.5. The fourth-order valence-electron chi connectivity index (χ4n) is 8.71. The van der Waals surface area contributed by atoms with Crippen LogP contribution in [0.15, 0.2) is 240 Å². The second kappa shape index (κ2) is 15.4. The Balaban J connectivity index is 1.16. The highest BCUT2D eigenvalue weighted by Crippen LogP contribution is 2.41. The van der Waals surface area contributed by atoms with Crippen molar-refractivity contribution in [3.8, 4) is 27.9 Å². The molecule has 0 aliphatic carbocycles. The molecule has 0 aliphatic rings. The van der Waals surface area contributed by atoms with Gasteiger partial charge in [0, 0.05) is 32.8 Å². The molecule has 2 heterocycles. The molecule has 292 valence electrons. The average molecular weight is 794 g/mol. The van der Waals surface area contributed by atoms with E-state index in [4.69, 9.17) is 14.4 Å². The topological polar surface area (TPSA) is 42.8 Å². The summed E-state index contributed by atoms with van der Waals surface area (Å²) in [6.07, 6.45) is 1.80. The lowest BCUT2D eigenvalue weighted by Crippen LogP contribution is -2.07. The maximum absolute atomic E-state index is 6.74. The van der Waals surface area contributed by atoms with Crippen LogP contribution < -0.4 is 0 Å². The standard InChI is InChI=1S/C58H39N3O/c1-3-51(42-31-29-41(30-32-42)39-17-6-4-7-18-39)60-58(59-38(2)43-23-16-24-44(33-43)40-19-8-5-9-20-40)47-36-54(57-49-26-13-15-28-55(49)62-56(57)37-47)61-52-27-14-12-25-48(52)50-34-45-21-10-11-22-46(45)35-53(50)61/h3-37H,1-2H2. The van der Waals surface area contributed by atoms with E-state index in [9.17, 15) is 0 Å². The van der Waals surface area contributed by atoms with Crippen molar-refractivity contribution >= 4 is 71.8 Å². The number of rotatable bonds is 8. The van der Waals surface area contributed by atoms with Crippen molar-refractivity contribution < 1.29 is 4.42 Å². The van der Waals surface area contributed by atoms with E-state index >= 15 is 0 Å². The lowest BCUT2D eigenvalue weighted by atomic mass is 10.0. The SMILES string of the molecule is C=CC(=NC(=NC(=C)c1cccc(-c2ccccc2)c1)c1cc(-n2c3ccccc3c3cc4ccccc4cc32)c2c(c1)oc1ccccc12)c1ccc(-c2ccccc2)cc1. The fourth-order valence-corrected chi connectivity index (χ4v) is 8.71. The molecule has 0 saturated heterocycles. The lowest BCUT2D eigenvalue weighted by Gasteiger charge is -2.14. The first kappa shape index (κ1) is 36.7. The van der Waals surface area contributed by atoms with Crippen LogP contribution in [-0.2, 0) is 0 Å². The van der Waals surface area contributed by atoms with Crippen LogP contribution >= 0.6 is 0 Å². The predicted molar refractivity (Wildman–Crippen MR) is 262 cm³/mol. The highest BCUT2D eigenvalue weighted by Gasteiger charge is 2.21. The van der Waals surface area contributed by atoms with Gasteiger partial charge in [0.15, 0.2) is 5.84 Å². The molecule has 11 aromatic rings. The van der Waals surface area contributed by atoms with Gasteiger partial charge in [0.25, 0.3) is 0 Å². The zero-order valence-corrected chi connectivity index (χ0v) is 33.9. The van der Waals surface area contributed by atoms with E-state index in [-0.39, 0.29) is 0 Å². The monoisotopic (exact) mass is 793 g/mol. The molecule has 0 fully saturated rings. The van der Waals surface area contributed by atoms with Gasteiger partial charge in [-0.3, -0.25) is 0 Å². The number of aromatic nitrogens is 1. The third-order valence-electron chi connectivity index (χ3n) is 11.7. The predicted octanol–water partition coefficient (Wildman–Crippen LogP) is 15.3. The molecule has 2 aromatic heterocycles. The Morgan fingerprint density at radius 3 is 1.84 bits per heavy atom. The summed E-state index contributed by atoms with van der Waals surface area (Å²) >= 11 is 0. The normalized spacial score (nSPS) is 12.2. The Morgan fingerprint density at radius 2 is 1.08 bits per heavy atom. The smallest absolute Gasteiger partial charge is 0.160 e. The molecule has 4 heteroatoms. The third-order valence-corrected chi connectivity index (χ3v) is 11.7. The first-order valence-electron chi connectivity index (χ1n) is 20.8. The summed E-state index contributed by atoms with van der Waals surface area (Å²) in [5.41, 5.74) is 13.0. The Labute approximate surface area is 359 Å². The van der Waals surface area contributed by atoms with Gasteiger partial charge in [-0.1, -0.05) is 177 Å². The molecular formula is C58H39N3O. The highest BCUT2D eigenvalue weighted by molar-refractivity contribution is 6.21. The quantitative estimate of drug-likeness (QED) is 0.112. The fraction of sp³-hybridized carbons (Fsp3) is 0. The van der Waals surface area contributed by atoms with Crippen LogP contribution in [0.4, 0.5) is 0 Å². The van der Waals surface area contributed by atoms with E-state index in [1.54, 1.807) is 6.08 Å². The number of furan rings is 1. The van der Waals surface area contributed by atoms with Gasteiger partial charge in [0.1, 0.15) is 11.2 Å². The van der Waals surface area contributed by atoms with Gasteiger partial charge in [-0.25, -0.2) is 9.98 Å². The van der Waals surface area contributed by atoms with Crippen molar-refractivity contribution in [2.75, 3.05) is 0 Å². The van der Waals surface area contributed by atoms with Crippen molar-refractivity contribution in [3.63, 3.8) is 0 Å². The summed E-state index contributed by atoms with van der Waals surface area (Å²) in [4.78, 5) is 10.7. The first-order chi connectivity index (χ1) is 30.6. The number of hydrogen-bond donors (Lipinski definition) is 0. The van der Waals surface area contributed by atoms with Crippen LogP contribution in [0.3, 0.4) is 0 Å². The zero-order chi connectivity index (χ0) is 41.6. The summed E-state index contributed by atoms with van der Waals surface area (Å²) in [5, 5.41) is 6.76. The van der Waals surface area contributed by atoms with Crippen molar-refractivity contribution in [1.29, 1.82) is 0 Å². The van der Waals surface area contributed by atoms with E-state index in [1.165, 1.54) is 21.5 Å². The third kappa shape index (κ3) is 6.51. The number of fused-ring (bicyclic) bond motifs is 7. The molecule has 0 N–H and O–H groups in total. The first-order valence-corrected chi connectivity index (χ1v) is 20.8. The number of hydrogen-bond acceptors (Lipinski definition) is 2. The minimum absolute atomic E-state index is 0.483. The van der Waals surface area contributed by atoms with Gasteiger partial charge in [-0.2, -0.15) is 0 Å². The molecule has 4 nitrogen and oxygen atoms in total. The number of amidine groups is 1. The molecule has 0 amide bonds. The summed E-state index contributed by atoms with van der Waals surface area (Å²) in [7, 11) is 0. The Hall–Kier alpha value is -8.34. The van der Waals surface area contributed by atoms with E-state index in [0.29, 0.717) is 17.2 Å².